The molecule has 0 saturated carbocycles. The molecule has 0 fully saturated rings. The quantitative estimate of drug-likeness (QED) is 0.0325. The zero-order valence-corrected chi connectivity index (χ0v) is 37.1. The number of allylic oxidation sites excluding steroid dienone is 2. The summed E-state index contributed by atoms with van der Waals surface area (Å²) in [7, 11) is 0. The van der Waals surface area contributed by atoms with Crippen molar-refractivity contribution in [3.05, 3.63) is 79.4 Å². The molecule has 4 aromatic heterocycles. The summed E-state index contributed by atoms with van der Waals surface area (Å²) < 4.78 is 2.51. The second kappa shape index (κ2) is 26.4. The topological polar surface area (TPSA) is 56.3 Å². The predicted octanol–water partition coefficient (Wildman–Crippen LogP) is 17.7. The van der Waals surface area contributed by atoms with Crippen LogP contribution in [0.5, 0.6) is 0 Å². The van der Waals surface area contributed by atoms with Crippen molar-refractivity contribution in [3.8, 4) is 31.6 Å². The van der Waals surface area contributed by atoms with Crippen LogP contribution in [-0.2, 0) is 12.8 Å². The van der Waals surface area contributed by atoms with Gasteiger partial charge in [0.1, 0.15) is 0 Å². The normalized spacial score (nSPS) is 11.8. The molecule has 0 aliphatic heterocycles. The molecule has 0 unspecified atom stereocenters. The van der Waals surface area contributed by atoms with E-state index in [0.29, 0.717) is 0 Å². The minimum absolute atomic E-state index is 0.140. The Labute approximate surface area is 354 Å². The minimum Gasteiger partial charge on any atom is -0.227 e. The van der Waals surface area contributed by atoms with Crippen LogP contribution >= 0.6 is 45.3 Å². The smallest absolute Gasteiger partial charge is 0.227 e. The highest BCUT2D eigenvalue weighted by Crippen LogP contribution is 2.46. The number of hydrogen-bond acceptors (Lipinski definition) is 6. The molecule has 0 aromatic carbocycles. The van der Waals surface area contributed by atoms with Crippen LogP contribution < -0.4 is 0 Å². The average Bonchev–Trinajstić information content (AvgIpc) is 4.00. The number of rotatable bonds is 28. The Bertz CT molecular complexity index is 1800. The van der Waals surface area contributed by atoms with Crippen molar-refractivity contribution < 1.29 is 0 Å². The lowest BCUT2D eigenvalue weighted by molar-refractivity contribution is 0.549. The van der Waals surface area contributed by atoms with Gasteiger partial charge < -0.3 is 0 Å². The Morgan fingerprint density at radius 3 is 1.09 bits per heavy atom. The second-order valence-corrected chi connectivity index (χ2v) is 19.4. The van der Waals surface area contributed by atoms with Crippen molar-refractivity contribution >= 4 is 66.9 Å². The van der Waals surface area contributed by atoms with E-state index in [1.807, 2.05) is 0 Å². The summed E-state index contributed by atoms with van der Waals surface area (Å²) in [4.78, 5) is 13.9. The van der Waals surface area contributed by atoms with E-state index in [0.717, 1.165) is 35.4 Å². The molecule has 0 saturated heterocycles. The standard InChI is InChI=1S/C48H60N4S4/c1-5-7-9-11-13-15-17-19-21-23-25-27-37-29-43(53-41(37)31-39(35-49)51-3)45-33-47-48(55-45)34-46(56-47)44-30-38(42(54-44)32-40(36-50)52-4)28-26-24-22-20-18-16-14-12-10-8-6-2/h29-34H,5-28H2,1-2H3/b39-31-,40-32+. The van der Waals surface area contributed by atoms with Crippen LogP contribution in [0.3, 0.4) is 0 Å². The molecular weight excluding hydrogens is 761 g/mol. The van der Waals surface area contributed by atoms with Crippen LogP contribution in [0.2, 0.25) is 0 Å². The Morgan fingerprint density at radius 2 is 0.786 bits per heavy atom. The fourth-order valence-electron chi connectivity index (χ4n) is 7.23. The maximum Gasteiger partial charge on any atom is 0.263 e. The fraction of sp³-hybridized carbons (Fsp3) is 0.542. The molecule has 0 atom stereocenters. The van der Waals surface area contributed by atoms with Gasteiger partial charge in [0.15, 0.2) is 0 Å². The summed E-state index contributed by atoms with van der Waals surface area (Å²) >= 11 is 7.01. The molecule has 0 radical (unpaired) electrons. The van der Waals surface area contributed by atoms with E-state index >= 15 is 0 Å². The molecule has 4 nitrogen and oxygen atoms in total. The van der Waals surface area contributed by atoms with E-state index in [9.17, 15) is 10.5 Å². The van der Waals surface area contributed by atoms with Crippen molar-refractivity contribution in [3.63, 3.8) is 0 Å². The maximum absolute atomic E-state index is 9.52. The molecule has 0 N–H and O–H groups in total. The lowest BCUT2D eigenvalue weighted by Gasteiger charge is -2.03. The van der Waals surface area contributed by atoms with E-state index < -0.39 is 0 Å². The van der Waals surface area contributed by atoms with Gasteiger partial charge in [-0.25, -0.2) is 20.2 Å². The van der Waals surface area contributed by atoms with Crippen molar-refractivity contribution in [2.75, 3.05) is 0 Å². The first-order chi connectivity index (χ1) is 27.5. The van der Waals surface area contributed by atoms with E-state index in [1.165, 1.54) is 168 Å². The Hall–Kier alpha value is -3.50. The molecule has 56 heavy (non-hydrogen) atoms. The summed E-state index contributed by atoms with van der Waals surface area (Å²) in [6.07, 6.45) is 34.4. The second-order valence-electron chi connectivity index (χ2n) is 15.0. The number of thiophene rings is 4. The molecule has 0 amide bonds. The van der Waals surface area contributed by atoms with Crippen LogP contribution in [0.4, 0.5) is 0 Å². The average molecular weight is 821 g/mol. The van der Waals surface area contributed by atoms with Crippen molar-refractivity contribution in [2.24, 2.45) is 0 Å². The van der Waals surface area contributed by atoms with E-state index in [4.69, 9.17) is 13.1 Å². The highest BCUT2D eigenvalue weighted by atomic mass is 32.1. The van der Waals surface area contributed by atoms with Gasteiger partial charge in [0, 0.05) is 38.7 Å². The molecule has 296 valence electrons. The number of fused-ring (bicyclic) bond motifs is 1. The van der Waals surface area contributed by atoms with Crippen molar-refractivity contribution in [1.29, 1.82) is 10.5 Å². The summed E-state index contributed by atoms with van der Waals surface area (Å²) in [6, 6.07) is 13.3. The van der Waals surface area contributed by atoms with Gasteiger partial charge >= 0.3 is 0 Å². The van der Waals surface area contributed by atoms with E-state index in [1.54, 1.807) is 57.5 Å². The third-order valence-corrected chi connectivity index (χ3v) is 15.4. The Morgan fingerprint density at radius 1 is 0.482 bits per heavy atom. The van der Waals surface area contributed by atoms with Gasteiger partial charge in [-0.1, -0.05) is 142 Å². The zero-order chi connectivity index (χ0) is 39.8. The van der Waals surface area contributed by atoms with Crippen LogP contribution in [0.25, 0.3) is 50.8 Å². The van der Waals surface area contributed by atoms with E-state index in [2.05, 4.69) is 59.9 Å². The zero-order valence-electron chi connectivity index (χ0n) is 33.9. The molecule has 0 bridgehead atoms. The molecular formula is C48H60N4S4. The minimum atomic E-state index is 0.140. The van der Waals surface area contributed by atoms with Crippen LogP contribution in [0, 0.1) is 35.8 Å². The summed E-state index contributed by atoms with van der Waals surface area (Å²) in [6.45, 7) is 19.5. The van der Waals surface area contributed by atoms with Gasteiger partial charge in [-0.05, 0) is 73.2 Å². The van der Waals surface area contributed by atoms with Gasteiger partial charge in [0.2, 0.25) is 0 Å². The number of aryl methyl sites for hydroxylation is 2. The molecule has 0 aliphatic rings. The van der Waals surface area contributed by atoms with Gasteiger partial charge in [-0.2, -0.15) is 0 Å². The highest BCUT2D eigenvalue weighted by Gasteiger charge is 2.17. The number of hydrogen-bond donors (Lipinski definition) is 0. The number of nitriles is 2. The summed E-state index contributed by atoms with van der Waals surface area (Å²) in [5.74, 6) is 0. The van der Waals surface area contributed by atoms with Gasteiger partial charge in [-0.3, -0.25) is 0 Å². The summed E-state index contributed by atoms with van der Waals surface area (Å²) in [5.41, 5.74) is 2.77. The third-order valence-electron chi connectivity index (χ3n) is 10.5. The maximum atomic E-state index is 9.52. The highest BCUT2D eigenvalue weighted by molar-refractivity contribution is 7.33. The monoisotopic (exact) mass is 820 g/mol. The van der Waals surface area contributed by atoms with Crippen LogP contribution in [0.15, 0.2) is 35.7 Å². The van der Waals surface area contributed by atoms with Gasteiger partial charge in [0.05, 0.1) is 25.3 Å². The van der Waals surface area contributed by atoms with Gasteiger partial charge in [-0.15, -0.1) is 45.3 Å². The summed E-state index contributed by atoms with van der Waals surface area (Å²) in [5, 5.41) is 19.0. The third kappa shape index (κ3) is 15.1. The largest absolute Gasteiger partial charge is 0.263 e. The van der Waals surface area contributed by atoms with Crippen molar-refractivity contribution in [2.45, 2.75) is 168 Å². The Balaban J connectivity index is 1.39. The molecule has 0 aliphatic carbocycles. The molecule has 8 heteroatoms. The first-order valence-corrected chi connectivity index (χ1v) is 24.6. The molecule has 0 spiro atoms. The first-order valence-electron chi connectivity index (χ1n) is 21.3. The number of unbranched alkanes of at least 4 members (excludes halogenated alkanes) is 20. The first kappa shape index (κ1) is 45.2. The lowest BCUT2D eigenvalue weighted by atomic mass is 10.0. The van der Waals surface area contributed by atoms with Crippen molar-refractivity contribution in [1.82, 2.24) is 0 Å². The SMILES string of the molecule is [C-]#[N+]/C(C#N)=C\c1sc(-c2cc3sc(-c4cc(CCCCCCCCCCCCC)c(/C=C(\C#N)[N+]#[C-])s4)cc3s2)cc1CCCCCCCCCCCCC. The Kier molecular flexibility index (Phi) is 21.3. The molecule has 4 heterocycles. The van der Waals surface area contributed by atoms with E-state index in [-0.39, 0.29) is 11.4 Å². The lowest BCUT2D eigenvalue weighted by Crippen LogP contribution is -1.87. The predicted molar refractivity (Wildman–Crippen MR) is 247 cm³/mol. The van der Waals surface area contributed by atoms with Crippen LogP contribution in [-0.4, -0.2) is 0 Å². The van der Waals surface area contributed by atoms with Crippen LogP contribution in [0.1, 0.15) is 176 Å². The fourth-order valence-corrected chi connectivity index (χ4v) is 12.1. The number of nitrogens with zero attached hydrogens (tertiary/aromatic N) is 4. The molecule has 4 aromatic rings. The van der Waals surface area contributed by atoms with Gasteiger partial charge in [0.25, 0.3) is 11.4 Å². The molecule has 4 rings (SSSR count).